The molecule has 242 valence electrons. The summed E-state index contributed by atoms with van der Waals surface area (Å²) in [5, 5.41) is 10.3. The lowest BCUT2D eigenvalue weighted by molar-refractivity contribution is -0.152. The summed E-state index contributed by atoms with van der Waals surface area (Å²) in [6.07, 6.45) is 1.34. The molecule has 0 radical (unpaired) electrons. The van der Waals surface area contributed by atoms with E-state index < -0.39 is 23.8 Å². The van der Waals surface area contributed by atoms with Gasteiger partial charge in [-0.2, -0.15) is 0 Å². The lowest BCUT2D eigenvalue weighted by Crippen LogP contribution is -2.26. The summed E-state index contributed by atoms with van der Waals surface area (Å²) < 4.78 is 27.6. The number of hydrogen-bond acceptors (Lipinski definition) is 8. The molecule has 2 rings (SSSR count). The quantitative estimate of drug-likeness (QED) is 0.0808. The summed E-state index contributed by atoms with van der Waals surface area (Å²) in [5.41, 5.74) is 1.77. The molecule has 0 spiro atoms. The summed E-state index contributed by atoms with van der Waals surface area (Å²) in [4.78, 5) is 38.0. The first-order valence-corrected chi connectivity index (χ1v) is 15.1. The summed E-state index contributed by atoms with van der Waals surface area (Å²) in [5.74, 6) is -2.05. The third kappa shape index (κ3) is 12.0. The van der Waals surface area contributed by atoms with Crippen molar-refractivity contribution in [3.8, 4) is 11.5 Å². The van der Waals surface area contributed by atoms with Crippen LogP contribution in [-0.4, -0.2) is 50.4 Å². The number of ether oxygens (including phenoxy) is 5. The maximum absolute atomic E-state index is 13.2. The molecule has 1 N–H and O–H groups in total. The van der Waals surface area contributed by atoms with E-state index in [1.807, 2.05) is 76.2 Å². The zero-order chi connectivity index (χ0) is 32.6. The Balaban J connectivity index is 2.35. The molecule has 0 fully saturated rings. The van der Waals surface area contributed by atoms with E-state index in [1.54, 1.807) is 14.2 Å². The van der Waals surface area contributed by atoms with Gasteiger partial charge in [-0.25, -0.2) is 4.79 Å². The number of hydrogen-bond donors (Lipinski definition) is 1. The number of carbonyl (C=O) groups excluding carboxylic acids is 2. The Bertz CT molecular complexity index is 1230. The van der Waals surface area contributed by atoms with Crippen LogP contribution in [0.25, 0.3) is 0 Å². The van der Waals surface area contributed by atoms with Gasteiger partial charge in [-0.3, -0.25) is 9.59 Å². The molecule has 2 aromatic rings. The minimum atomic E-state index is -1.19. The standard InChI is InChI=1S/C35H48O9/c1-23(2)28(18-27-14-15-31(41-7)33(19-27)42-17-11-16-40-6)20-30(34(37)38)32(44-25(5)36)21-29(24(3)4)35(39)43-22-26-12-9-8-10-13-26/h8-10,12-15,19,23-24,28-29H,11,16-18,20-22H2,1-7H3,(H,37,38). The smallest absolute Gasteiger partial charge is 0.335 e. The molecule has 0 amide bonds. The van der Waals surface area contributed by atoms with Gasteiger partial charge in [0.2, 0.25) is 0 Å². The Morgan fingerprint density at radius 3 is 2.11 bits per heavy atom. The number of aliphatic carboxylic acids is 1. The van der Waals surface area contributed by atoms with E-state index >= 15 is 0 Å². The van der Waals surface area contributed by atoms with Gasteiger partial charge < -0.3 is 28.8 Å². The van der Waals surface area contributed by atoms with Crippen molar-refractivity contribution in [2.24, 2.45) is 23.7 Å². The van der Waals surface area contributed by atoms with Crippen LogP contribution < -0.4 is 9.47 Å². The van der Waals surface area contributed by atoms with Gasteiger partial charge in [-0.15, -0.1) is 0 Å². The molecule has 0 bridgehead atoms. The molecule has 9 heteroatoms. The van der Waals surface area contributed by atoms with Crippen molar-refractivity contribution in [1.29, 1.82) is 0 Å². The number of methoxy groups -OCH3 is 2. The molecule has 0 aliphatic heterocycles. The van der Waals surface area contributed by atoms with E-state index in [0.717, 1.165) is 17.5 Å². The first-order chi connectivity index (χ1) is 21.0. The molecule has 0 heterocycles. The van der Waals surface area contributed by atoms with Gasteiger partial charge >= 0.3 is 17.9 Å². The highest BCUT2D eigenvalue weighted by Gasteiger charge is 2.31. The average Bonchev–Trinajstić information content (AvgIpc) is 2.98. The van der Waals surface area contributed by atoms with Crippen molar-refractivity contribution in [3.63, 3.8) is 0 Å². The second-order valence-corrected chi connectivity index (χ2v) is 11.5. The lowest BCUT2D eigenvalue weighted by atomic mass is 9.82. The Morgan fingerprint density at radius 2 is 1.55 bits per heavy atom. The van der Waals surface area contributed by atoms with E-state index in [-0.39, 0.29) is 48.5 Å². The Kier molecular flexibility index (Phi) is 15.5. The van der Waals surface area contributed by atoms with E-state index in [2.05, 4.69) is 0 Å². The van der Waals surface area contributed by atoms with Crippen LogP contribution in [-0.2, 0) is 41.6 Å². The normalized spacial score (nSPS) is 13.2. The number of carboxylic acid groups (broad SMARTS) is 1. The number of rotatable bonds is 19. The van der Waals surface area contributed by atoms with E-state index in [4.69, 9.17) is 23.7 Å². The molecule has 0 aliphatic carbocycles. The molecular weight excluding hydrogens is 564 g/mol. The first-order valence-electron chi connectivity index (χ1n) is 15.1. The Labute approximate surface area is 261 Å². The van der Waals surface area contributed by atoms with E-state index in [0.29, 0.717) is 31.1 Å². The van der Waals surface area contributed by atoms with Gasteiger partial charge in [0, 0.05) is 33.5 Å². The van der Waals surface area contributed by atoms with Crippen molar-refractivity contribution in [2.45, 2.75) is 66.9 Å². The third-order valence-corrected chi connectivity index (χ3v) is 7.48. The Morgan fingerprint density at radius 1 is 0.841 bits per heavy atom. The molecule has 9 nitrogen and oxygen atoms in total. The molecule has 0 aliphatic rings. The average molecular weight is 613 g/mol. The van der Waals surface area contributed by atoms with E-state index in [1.165, 1.54) is 6.92 Å². The van der Waals surface area contributed by atoms with Crippen molar-refractivity contribution in [3.05, 3.63) is 71.0 Å². The van der Waals surface area contributed by atoms with Gasteiger partial charge in [-0.1, -0.05) is 64.1 Å². The molecule has 2 aromatic carbocycles. The second-order valence-electron chi connectivity index (χ2n) is 11.5. The van der Waals surface area contributed by atoms with Crippen LogP contribution in [0.5, 0.6) is 11.5 Å². The maximum Gasteiger partial charge on any atom is 0.335 e. The highest BCUT2D eigenvalue weighted by molar-refractivity contribution is 5.88. The first kappa shape index (κ1) is 36.3. The predicted octanol–water partition coefficient (Wildman–Crippen LogP) is 6.62. The number of carbonyl (C=O) groups is 3. The number of allylic oxidation sites excluding steroid dienone is 1. The van der Waals surface area contributed by atoms with E-state index in [9.17, 15) is 19.5 Å². The predicted molar refractivity (Wildman–Crippen MR) is 167 cm³/mol. The highest BCUT2D eigenvalue weighted by Crippen LogP contribution is 2.34. The topological polar surface area (TPSA) is 118 Å². The van der Waals surface area contributed by atoms with Gasteiger partial charge in [0.25, 0.3) is 0 Å². The van der Waals surface area contributed by atoms with Crippen molar-refractivity contribution >= 4 is 17.9 Å². The lowest BCUT2D eigenvalue weighted by Gasteiger charge is -2.25. The Hall–Kier alpha value is -3.85. The van der Waals surface area contributed by atoms with Gasteiger partial charge in [-0.05, 0) is 53.9 Å². The van der Waals surface area contributed by atoms with Crippen LogP contribution in [0, 0.1) is 23.7 Å². The van der Waals surface area contributed by atoms with Gasteiger partial charge in [0.05, 0.1) is 25.2 Å². The fourth-order valence-electron chi connectivity index (χ4n) is 4.80. The number of esters is 2. The number of benzene rings is 2. The molecule has 0 aromatic heterocycles. The zero-order valence-corrected chi connectivity index (χ0v) is 27.1. The zero-order valence-electron chi connectivity index (χ0n) is 27.1. The highest BCUT2D eigenvalue weighted by atomic mass is 16.5. The van der Waals surface area contributed by atoms with Crippen molar-refractivity contribution in [2.75, 3.05) is 27.4 Å². The minimum absolute atomic E-state index is 0.0112. The summed E-state index contributed by atoms with van der Waals surface area (Å²) in [6, 6.07) is 15.0. The van der Waals surface area contributed by atoms with Gasteiger partial charge in [0.1, 0.15) is 12.4 Å². The fourth-order valence-corrected chi connectivity index (χ4v) is 4.80. The summed E-state index contributed by atoms with van der Waals surface area (Å²) in [6.45, 7) is 10.1. The number of carboxylic acids is 1. The molecule has 44 heavy (non-hydrogen) atoms. The van der Waals surface area contributed by atoms with Crippen LogP contribution in [0.15, 0.2) is 59.9 Å². The fraction of sp³-hybridized carbons (Fsp3) is 0.514. The summed E-state index contributed by atoms with van der Waals surface area (Å²) >= 11 is 0. The summed E-state index contributed by atoms with van der Waals surface area (Å²) in [7, 11) is 3.22. The molecule has 2 unspecified atom stereocenters. The monoisotopic (exact) mass is 612 g/mol. The largest absolute Gasteiger partial charge is 0.493 e. The second kappa shape index (κ2) is 18.7. The van der Waals surface area contributed by atoms with Crippen LogP contribution >= 0.6 is 0 Å². The molecule has 2 atom stereocenters. The molecular formula is C35H48O9. The third-order valence-electron chi connectivity index (χ3n) is 7.48. The minimum Gasteiger partial charge on any atom is -0.493 e. The van der Waals surface area contributed by atoms with Crippen LogP contribution in [0.3, 0.4) is 0 Å². The van der Waals surface area contributed by atoms with Crippen molar-refractivity contribution < 1.29 is 43.2 Å². The van der Waals surface area contributed by atoms with Crippen LogP contribution in [0.1, 0.15) is 65.0 Å². The molecule has 0 saturated carbocycles. The van der Waals surface area contributed by atoms with Crippen LogP contribution in [0.2, 0.25) is 0 Å². The maximum atomic E-state index is 13.2. The van der Waals surface area contributed by atoms with Gasteiger partial charge in [0.15, 0.2) is 11.5 Å². The SMILES string of the molecule is COCCCOc1cc(CC(CC(C(=O)O)=C(CC(C(=O)OCc2ccccc2)C(C)C)OC(C)=O)C(C)C)ccc1OC. The van der Waals surface area contributed by atoms with Crippen LogP contribution in [0.4, 0.5) is 0 Å². The molecule has 0 saturated heterocycles. The van der Waals surface area contributed by atoms with Crippen molar-refractivity contribution in [1.82, 2.24) is 0 Å².